The molecule has 0 saturated heterocycles. The van der Waals surface area contributed by atoms with Crippen LogP contribution in [-0.4, -0.2) is 21.7 Å². The van der Waals surface area contributed by atoms with Crippen molar-refractivity contribution < 1.29 is 14.4 Å². The third-order valence-electron chi connectivity index (χ3n) is 2.78. The first-order valence-electron chi connectivity index (χ1n) is 5.80. The average Bonchev–Trinajstić information content (AvgIpc) is 2.92. The van der Waals surface area contributed by atoms with E-state index in [1.807, 2.05) is 0 Å². The van der Waals surface area contributed by atoms with Crippen molar-refractivity contribution in [3.63, 3.8) is 0 Å². The maximum absolute atomic E-state index is 11.1. The van der Waals surface area contributed by atoms with Crippen molar-refractivity contribution >= 4 is 11.4 Å². The number of nitro benzene ring substituents is 1. The molecule has 1 aromatic carbocycles. The molecule has 0 spiro atoms. The molecule has 0 amide bonds. The van der Waals surface area contributed by atoms with E-state index in [9.17, 15) is 10.1 Å². The topological polar surface area (TPSA) is 99.4 Å². The normalized spacial score (nSPS) is 12.2. The number of benzene rings is 1. The van der Waals surface area contributed by atoms with Gasteiger partial charge in [-0.25, -0.2) is 9.97 Å². The quantitative estimate of drug-likeness (QED) is 0.669. The van der Waals surface area contributed by atoms with Gasteiger partial charge in [0.1, 0.15) is 12.0 Å². The van der Waals surface area contributed by atoms with Gasteiger partial charge in [0.25, 0.3) is 5.69 Å². The Kier molecular flexibility index (Phi) is 3.04. The summed E-state index contributed by atoms with van der Waals surface area (Å²) in [4.78, 5) is 18.4. The van der Waals surface area contributed by atoms with Crippen LogP contribution in [0.5, 0.6) is 11.5 Å². The number of anilines is 1. The van der Waals surface area contributed by atoms with Gasteiger partial charge in [-0.05, 0) is 0 Å². The van der Waals surface area contributed by atoms with Gasteiger partial charge in [0.05, 0.1) is 11.0 Å². The minimum absolute atomic E-state index is 0.0638. The molecule has 8 heteroatoms. The minimum Gasteiger partial charge on any atom is -0.454 e. The summed E-state index contributed by atoms with van der Waals surface area (Å²) in [5, 5.41) is 14.1. The summed E-state index contributed by atoms with van der Waals surface area (Å²) in [6, 6.07) is 2.91. The number of aromatic nitrogens is 2. The van der Waals surface area contributed by atoms with Crippen molar-refractivity contribution in [2.45, 2.75) is 6.54 Å². The Morgan fingerprint density at radius 2 is 1.95 bits per heavy atom. The van der Waals surface area contributed by atoms with Gasteiger partial charge in [-0.2, -0.15) is 0 Å². The largest absolute Gasteiger partial charge is 0.454 e. The molecule has 1 aliphatic rings. The van der Waals surface area contributed by atoms with Gasteiger partial charge < -0.3 is 14.8 Å². The first kappa shape index (κ1) is 12.2. The highest BCUT2D eigenvalue weighted by molar-refractivity contribution is 5.69. The molecule has 3 rings (SSSR count). The highest BCUT2D eigenvalue weighted by atomic mass is 16.7. The number of nitrogens with one attached hydrogen (secondary N) is 1. The van der Waals surface area contributed by atoms with Crippen molar-refractivity contribution in [3.05, 3.63) is 46.5 Å². The first-order valence-corrected chi connectivity index (χ1v) is 5.80. The fraction of sp³-hybridized carbons (Fsp3) is 0.167. The van der Waals surface area contributed by atoms with Gasteiger partial charge in [0.15, 0.2) is 11.5 Å². The van der Waals surface area contributed by atoms with E-state index in [4.69, 9.17) is 9.47 Å². The fourth-order valence-corrected chi connectivity index (χ4v) is 1.84. The van der Waals surface area contributed by atoms with Crippen LogP contribution >= 0.6 is 0 Å². The van der Waals surface area contributed by atoms with Crippen LogP contribution in [0.25, 0.3) is 0 Å². The number of hydrogen-bond donors (Lipinski definition) is 1. The van der Waals surface area contributed by atoms with Crippen LogP contribution < -0.4 is 14.8 Å². The van der Waals surface area contributed by atoms with Gasteiger partial charge in [0, 0.05) is 30.6 Å². The molecule has 0 unspecified atom stereocenters. The highest BCUT2D eigenvalue weighted by Crippen LogP contribution is 2.40. The van der Waals surface area contributed by atoms with E-state index in [1.165, 1.54) is 12.4 Å². The van der Waals surface area contributed by atoms with Crippen molar-refractivity contribution in [1.29, 1.82) is 0 Å². The molecule has 2 aromatic rings. The first-order chi connectivity index (χ1) is 9.74. The second-order valence-corrected chi connectivity index (χ2v) is 4.08. The minimum atomic E-state index is -0.466. The Morgan fingerprint density at radius 3 is 2.65 bits per heavy atom. The number of fused-ring (bicyclic) bond motifs is 1. The van der Waals surface area contributed by atoms with Gasteiger partial charge in [0.2, 0.25) is 6.79 Å². The molecule has 1 aliphatic heterocycles. The molecular weight excluding hydrogens is 264 g/mol. The highest BCUT2D eigenvalue weighted by Gasteiger charge is 2.23. The summed E-state index contributed by atoms with van der Waals surface area (Å²) >= 11 is 0. The predicted octanol–water partition coefficient (Wildman–Crippen LogP) is 1.73. The molecule has 2 heterocycles. The zero-order valence-corrected chi connectivity index (χ0v) is 10.3. The van der Waals surface area contributed by atoms with Crippen LogP contribution in [0.4, 0.5) is 11.4 Å². The molecular formula is C12H10N4O4. The van der Waals surface area contributed by atoms with E-state index in [1.54, 1.807) is 18.5 Å². The predicted molar refractivity (Wildman–Crippen MR) is 68.6 cm³/mol. The molecule has 8 nitrogen and oxygen atoms in total. The van der Waals surface area contributed by atoms with Crippen LogP contribution in [-0.2, 0) is 6.54 Å². The molecule has 102 valence electrons. The molecule has 1 aromatic heterocycles. The smallest absolute Gasteiger partial charge is 0.296 e. The van der Waals surface area contributed by atoms with E-state index in [0.717, 1.165) is 5.56 Å². The Hall–Kier alpha value is -2.90. The van der Waals surface area contributed by atoms with E-state index < -0.39 is 4.92 Å². The molecule has 20 heavy (non-hydrogen) atoms. The standard InChI is InChI=1S/C12H10N4O4/c17-16(18)10-2-12-11(19-7-20-12)1-9(10)15-5-8-3-13-6-14-4-8/h1-4,6,15H,5,7H2. The lowest BCUT2D eigenvalue weighted by atomic mass is 10.2. The Balaban J connectivity index is 1.86. The van der Waals surface area contributed by atoms with Crippen LogP contribution in [0.3, 0.4) is 0 Å². The van der Waals surface area contributed by atoms with E-state index >= 15 is 0 Å². The SMILES string of the molecule is O=[N+]([O-])c1cc2c(cc1NCc1cncnc1)OCO2. The molecule has 0 aliphatic carbocycles. The van der Waals surface area contributed by atoms with E-state index in [-0.39, 0.29) is 12.5 Å². The average molecular weight is 274 g/mol. The maximum atomic E-state index is 11.1. The van der Waals surface area contributed by atoms with Crippen LogP contribution in [0.1, 0.15) is 5.56 Å². The van der Waals surface area contributed by atoms with Crippen molar-refractivity contribution in [2.75, 3.05) is 12.1 Å². The summed E-state index contributed by atoms with van der Waals surface area (Å²) in [6.45, 7) is 0.448. The number of ether oxygens (including phenoxy) is 2. The zero-order chi connectivity index (χ0) is 13.9. The van der Waals surface area contributed by atoms with Gasteiger partial charge in [-0.1, -0.05) is 0 Å². The van der Waals surface area contributed by atoms with E-state index in [2.05, 4.69) is 15.3 Å². The lowest BCUT2D eigenvalue weighted by Gasteiger charge is -2.07. The lowest BCUT2D eigenvalue weighted by molar-refractivity contribution is -0.384. The zero-order valence-electron chi connectivity index (χ0n) is 10.3. The maximum Gasteiger partial charge on any atom is 0.296 e. The lowest BCUT2D eigenvalue weighted by Crippen LogP contribution is -2.03. The third kappa shape index (κ3) is 2.30. The second kappa shape index (κ2) is 5.00. The second-order valence-electron chi connectivity index (χ2n) is 4.08. The molecule has 0 atom stereocenters. The Labute approximate surface area is 113 Å². The van der Waals surface area contributed by atoms with Crippen LogP contribution in [0.2, 0.25) is 0 Å². The van der Waals surface area contributed by atoms with Crippen LogP contribution in [0.15, 0.2) is 30.9 Å². The van der Waals surface area contributed by atoms with Gasteiger partial charge in [-0.3, -0.25) is 10.1 Å². The molecule has 0 radical (unpaired) electrons. The molecule has 0 fully saturated rings. The summed E-state index contributed by atoms with van der Waals surface area (Å²) in [6.07, 6.45) is 4.70. The van der Waals surface area contributed by atoms with E-state index in [0.29, 0.717) is 23.7 Å². The summed E-state index contributed by atoms with van der Waals surface area (Å²) in [5.41, 5.74) is 1.12. The number of nitrogens with zero attached hydrogens (tertiary/aromatic N) is 3. The number of hydrogen-bond acceptors (Lipinski definition) is 7. The molecule has 0 bridgehead atoms. The number of rotatable bonds is 4. The van der Waals surface area contributed by atoms with Crippen LogP contribution in [0, 0.1) is 10.1 Å². The third-order valence-corrected chi connectivity index (χ3v) is 2.78. The summed E-state index contributed by atoms with van der Waals surface area (Å²) in [7, 11) is 0. The van der Waals surface area contributed by atoms with Crippen molar-refractivity contribution in [2.24, 2.45) is 0 Å². The van der Waals surface area contributed by atoms with Crippen molar-refractivity contribution in [1.82, 2.24) is 9.97 Å². The summed E-state index contributed by atoms with van der Waals surface area (Å²) in [5.74, 6) is 0.868. The molecule has 1 N–H and O–H groups in total. The van der Waals surface area contributed by atoms with Crippen molar-refractivity contribution in [3.8, 4) is 11.5 Å². The fourth-order valence-electron chi connectivity index (χ4n) is 1.84. The Morgan fingerprint density at radius 1 is 1.25 bits per heavy atom. The summed E-state index contributed by atoms with van der Waals surface area (Å²) < 4.78 is 10.3. The van der Waals surface area contributed by atoms with Gasteiger partial charge in [-0.15, -0.1) is 0 Å². The Bertz CT molecular complexity index is 647. The number of nitro groups is 1. The molecule has 0 saturated carbocycles. The monoisotopic (exact) mass is 274 g/mol. The van der Waals surface area contributed by atoms with Gasteiger partial charge >= 0.3 is 0 Å².